The zero-order valence-electron chi connectivity index (χ0n) is 23.2. The van der Waals surface area contributed by atoms with Crippen LogP contribution in [-0.2, 0) is 23.9 Å². The van der Waals surface area contributed by atoms with Crippen molar-refractivity contribution in [2.45, 2.75) is 95.4 Å². The second-order valence-electron chi connectivity index (χ2n) is 13.2. The van der Waals surface area contributed by atoms with E-state index >= 15 is 0 Å². The van der Waals surface area contributed by atoms with E-state index in [4.69, 9.17) is 4.74 Å². The van der Waals surface area contributed by atoms with E-state index in [2.05, 4.69) is 15.5 Å². The molecule has 0 aromatic carbocycles. The molecule has 218 valence electrons. The molecule has 0 radical (unpaired) electrons. The van der Waals surface area contributed by atoms with Gasteiger partial charge in [-0.15, -0.1) is 0 Å². The van der Waals surface area contributed by atoms with Crippen LogP contribution in [0.1, 0.15) is 52.9 Å². The van der Waals surface area contributed by atoms with Crippen molar-refractivity contribution >= 4 is 23.6 Å². The predicted octanol–water partition coefficient (Wildman–Crippen LogP) is -1.56. The quantitative estimate of drug-likeness (QED) is 0.330. The Kier molecular flexibility index (Phi) is 7.93. The Labute approximate surface area is 229 Å². The number of nitrogens with zero attached hydrogens (tertiary/aromatic N) is 3. The lowest BCUT2D eigenvalue weighted by atomic mass is 9.91. The molecule has 6 bridgehead atoms. The number of hydrogen-bond donors (Lipinski definition) is 4. The number of rotatable bonds is 3. The summed E-state index contributed by atoms with van der Waals surface area (Å²) in [6, 6.07) is -1.52. The molecule has 1 aliphatic carbocycles. The zero-order valence-corrected chi connectivity index (χ0v) is 23.2. The molecular formula is C27H43N5O7. The van der Waals surface area contributed by atoms with Crippen molar-refractivity contribution in [3.05, 3.63) is 0 Å². The summed E-state index contributed by atoms with van der Waals surface area (Å²) in [4.78, 5) is 58.8. The Morgan fingerprint density at radius 3 is 2.44 bits per heavy atom. The van der Waals surface area contributed by atoms with Crippen LogP contribution in [0.2, 0.25) is 0 Å². The first-order valence-corrected chi connectivity index (χ1v) is 14.3. The monoisotopic (exact) mass is 549 g/mol. The van der Waals surface area contributed by atoms with Crippen LogP contribution in [0.4, 0.5) is 0 Å². The number of piperazine rings is 1. The summed E-state index contributed by atoms with van der Waals surface area (Å²) < 4.78 is 5.80. The maximum absolute atomic E-state index is 13.9. The Balaban J connectivity index is 1.41. The van der Waals surface area contributed by atoms with E-state index in [1.165, 1.54) is 0 Å². The lowest BCUT2D eigenvalue weighted by Gasteiger charge is -2.42. The fourth-order valence-corrected chi connectivity index (χ4v) is 6.32. The Morgan fingerprint density at radius 1 is 1.03 bits per heavy atom. The molecule has 5 aliphatic rings. The second kappa shape index (κ2) is 10.9. The highest BCUT2D eigenvalue weighted by atomic mass is 16.5. The SMILES string of the molecule is CC(C)(C)CC(=O)N1CCN2C[C@H]1C(=O)NC[C@H]1O[C@@H](CC(=O)N[C@H]3C[C@@H](C2=O)N(CC2CC2)C3)[C@H](O)[C@@H]1O. The molecule has 4 amide bonds. The van der Waals surface area contributed by atoms with Gasteiger partial charge in [-0.1, -0.05) is 20.8 Å². The number of likely N-dealkylation sites (tertiary alicyclic amines) is 1. The third kappa shape index (κ3) is 6.39. The van der Waals surface area contributed by atoms with Crippen molar-refractivity contribution < 1.29 is 34.1 Å². The summed E-state index contributed by atoms with van der Waals surface area (Å²) in [7, 11) is 0. The number of carbonyl (C=O) groups is 4. The average molecular weight is 550 g/mol. The van der Waals surface area contributed by atoms with Crippen LogP contribution < -0.4 is 10.6 Å². The van der Waals surface area contributed by atoms with Gasteiger partial charge in [0.15, 0.2) is 0 Å². The minimum absolute atomic E-state index is 0.0741. The molecule has 0 aromatic heterocycles. The molecule has 5 fully saturated rings. The molecule has 0 spiro atoms. The van der Waals surface area contributed by atoms with Gasteiger partial charge in [0.05, 0.1) is 25.1 Å². The van der Waals surface area contributed by atoms with Gasteiger partial charge in [-0.25, -0.2) is 0 Å². The van der Waals surface area contributed by atoms with Gasteiger partial charge in [0.2, 0.25) is 23.6 Å². The van der Waals surface area contributed by atoms with Crippen molar-refractivity contribution in [2.75, 3.05) is 39.3 Å². The van der Waals surface area contributed by atoms with Gasteiger partial charge in [-0.2, -0.15) is 0 Å². The molecule has 12 heteroatoms. The van der Waals surface area contributed by atoms with E-state index in [9.17, 15) is 29.4 Å². The minimum Gasteiger partial charge on any atom is -0.388 e. The number of fused-ring (bicyclic) bond motifs is 6. The highest BCUT2D eigenvalue weighted by Gasteiger charge is 2.47. The maximum Gasteiger partial charge on any atom is 0.244 e. The third-order valence-electron chi connectivity index (χ3n) is 8.57. The summed E-state index contributed by atoms with van der Waals surface area (Å²) in [6.45, 7) is 7.79. The van der Waals surface area contributed by atoms with Gasteiger partial charge < -0.3 is 35.4 Å². The highest BCUT2D eigenvalue weighted by Crippen LogP contribution is 2.33. The number of carbonyl (C=O) groups excluding carboxylic acids is 4. The van der Waals surface area contributed by atoms with Crippen LogP contribution in [0.25, 0.3) is 0 Å². The minimum atomic E-state index is -1.27. The lowest BCUT2D eigenvalue weighted by molar-refractivity contribution is -0.151. The summed E-state index contributed by atoms with van der Waals surface area (Å²) in [6.07, 6.45) is -1.51. The van der Waals surface area contributed by atoms with Gasteiger partial charge >= 0.3 is 0 Å². The normalized spacial score (nSPS) is 36.6. The molecule has 0 aromatic rings. The number of hydrogen-bond acceptors (Lipinski definition) is 8. The molecule has 7 atom stereocenters. The molecule has 4 saturated heterocycles. The maximum atomic E-state index is 13.9. The van der Waals surface area contributed by atoms with Crippen molar-refractivity contribution in [1.29, 1.82) is 0 Å². The van der Waals surface area contributed by atoms with Crippen LogP contribution in [0.15, 0.2) is 0 Å². The van der Waals surface area contributed by atoms with Crippen molar-refractivity contribution in [1.82, 2.24) is 25.3 Å². The van der Waals surface area contributed by atoms with E-state index in [0.29, 0.717) is 25.4 Å². The van der Waals surface area contributed by atoms with E-state index in [-0.39, 0.29) is 61.7 Å². The van der Waals surface area contributed by atoms with Crippen molar-refractivity contribution in [3.8, 4) is 0 Å². The molecular weight excluding hydrogens is 506 g/mol. The molecule has 39 heavy (non-hydrogen) atoms. The first-order chi connectivity index (χ1) is 18.4. The van der Waals surface area contributed by atoms with Crippen molar-refractivity contribution in [2.24, 2.45) is 11.3 Å². The molecule has 4 aliphatic heterocycles. The molecule has 12 nitrogen and oxygen atoms in total. The van der Waals surface area contributed by atoms with Gasteiger partial charge in [-0.3, -0.25) is 24.1 Å². The van der Waals surface area contributed by atoms with Gasteiger partial charge in [0.25, 0.3) is 0 Å². The van der Waals surface area contributed by atoms with Gasteiger partial charge in [0.1, 0.15) is 24.4 Å². The summed E-state index contributed by atoms with van der Waals surface area (Å²) in [5.41, 5.74) is -0.265. The van der Waals surface area contributed by atoms with E-state index in [0.717, 1.165) is 19.4 Å². The number of aliphatic hydroxyl groups excluding tert-OH is 2. The molecule has 4 heterocycles. The molecule has 4 N–H and O–H groups in total. The number of nitrogens with one attached hydrogen (secondary N) is 2. The van der Waals surface area contributed by atoms with E-state index < -0.39 is 42.4 Å². The first-order valence-electron chi connectivity index (χ1n) is 14.3. The van der Waals surface area contributed by atoms with Gasteiger partial charge in [0, 0.05) is 45.2 Å². The van der Waals surface area contributed by atoms with Crippen molar-refractivity contribution in [3.63, 3.8) is 0 Å². The topological polar surface area (TPSA) is 152 Å². The average Bonchev–Trinajstić information content (AvgIpc) is 3.54. The Hall–Kier alpha value is -2.28. The van der Waals surface area contributed by atoms with Crippen LogP contribution in [0.3, 0.4) is 0 Å². The van der Waals surface area contributed by atoms with Crippen LogP contribution in [0.5, 0.6) is 0 Å². The number of aliphatic hydroxyl groups is 2. The number of amides is 4. The first kappa shape index (κ1) is 28.3. The molecule has 0 unspecified atom stereocenters. The standard InChI is InChI=1S/C27H43N5O7/c1-27(2,3)10-22(34)32-7-6-30-14-18(32)25(37)28-11-20-24(36)23(35)19(39-20)9-21(33)29-16-8-17(26(30)38)31(13-16)12-15-4-5-15/h15-20,23-24,35-36H,4-14H2,1-3H3,(H,28,37)(H,29,33)/t16-,17-,18-,19-,20+,23-,24+/m0/s1. The van der Waals surface area contributed by atoms with E-state index in [1.807, 2.05) is 20.8 Å². The lowest BCUT2D eigenvalue weighted by Crippen LogP contribution is -2.63. The van der Waals surface area contributed by atoms with Gasteiger partial charge in [-0.05, 0) is 30.6 Å². The molecule has 5 rings (SSSR count). The largest absolute Gasteiger partial charge is 0.388 e. The van der Waals surface area contributed by atoms with Crippen LogP contribution in [-0.4, -0.2) is 130 Å². The molecule has 1 saturated carbocycles. The predicted molar refractivity (Wildman–Crippen MR) is 139 cm³/mol. The summed E-state index contributed by atoms with van der Waals surface area (Å²) >= 11 is 0. The van der Waals surface area contributed by atoms with E-state index in [1.54, 1.807) is 9.80 Å². The summed E-state index contributed by atoms with van der Waals surface area (Å²) in [5, 5.41) is 26.9. The zero-order chi connectivity index (χ0) is 28.1. The smallest absolute Gasteiger partial charge is 0.244 e. The Morgan fingerprint density at radius 2 is 1.74 bits per heavy atom. The fourth-order valence-electron chi connectivity index (χ4n) is 6.32. The second-order valence-corrected chi connectivity index (χ2v) is 13.2. The summed E-state index contributed by atoms with van der Waals surface area (Å²) in [5.74, 6) is -0.411. The van der Waals surface area contributed by atoms with Crippen LogP contribution in [0, 0.1) is 11.3 Å². The third-order valence-corrected chi connectivity index (χ3v) is 8.57. The Bertz CT molecular complexity index is 982. The fraction of sp³-hybridized carbons (Fsp3) is 0.852. The van der Waals surface area contributed by atoms with Crippen LogP contribution >= 0.6 is 0 Å². The number of ether oxygens (including phenoxy) is 1. The highest BCUT2D eigenvalue weighted by molar-refractivity contribution is 5.90.